The predicted molar refractivity (Wildman–Crippen MR) is 193 cm³/mol. The third-order valence-electron chi connectivity index (χ3n) is 10.3. The lowest BCUT2D eigenvalue weighted by Crippen LogP contribution is -2.48. The van der Waals surface area contributed by atoms with Crippen molar-refractivity contribution in [3.05, 3.63) is 64.6 Å². The Bertz CT molecular complexity index is 1590. The largest absolute Gasteiger partial charge is 0.469 e. The zero-order valence-corrected chi connectivity index (χ0v) is 29.9. The Labute approximate surface area is 291 Å². The summed E-state index contributed by atoms with van der Waals surface area (Å²) in [6.45, 7) is 15.6. The van der Waals surface area contributed by atoms with Crippen LogP contribution >= 0.6 is 0 Å². The number of piperazine rings is 2. The van der Waals surface area contributed by atoms with E-state index in [4.69, 9.17) is 14.8 Å². The molecule has 2 fully saturated rings. The number of nitrogens with one attached hydrogen (secondary N) is 1. The first-order chi connectivity index (χ1) is 23.8. The highest BCUT2D eigenvalue weighted by molar-refractivity contribution is 5.76. The number of hydrogen-bond donors (Lipinski definition) is 1. The smallest absolute Gasteiger partial charge is 0.306 e. The van der Waals surface area contributed by atoms with Crippen LogP contribution < -0.4 is 10.2 Å². The highest BCUT2D eigenvalue weighted by Crippen LogP contribution is 2.31. The summed E-state index contributed by atoms with van der Waals surface area (Å²) in [5, 5.41) is 8.28. The van der Waals surface area contributed by atoms with Crippen molar-refractivity contribution in [3.63, 3.8) is 0 Å². The molecule has 6 rings (SSSR count). The second kappa shape index (κ2) is 16.2. The first-order valence-electron chi connectivity index (χ1n) is 18.2. The summed E-state index contributed by atoms with van der Waals surface area (Å²) in [6.07, 6.45) is 5.17. The van der Waals surface area contributed by atoms with Gasteiger partial charge >= 0.3 is 5.97 Å². The van der Waals surface area contributed by atoms with Crippen molar-refractivity contribution >= 4 is 23.4 Å². The molecule has 0 unspecified atom stereocenters. The van der Waals surface area contributed by atoms with E-state index in [9.17, 15) is 9.59 Å². The fourth-order valence-electron chi connectivity index (χ4n) is 7.45. The van der Waals surface area contributed by atoms with Crippen molar-refractivity contribution < 1.29 is 14.3 Å². The van der Waals surface area contributed by atoms with E-state index in [1.165, 1.54) is 19.1 Å². The number of esters is 1. The van der Waals surface area contributed by atoms with Crippen LogP contribution in [0.15, 0.2) is 36.4 Å². The van der Waals surface area contributed by atoms with E-state index in [0.717, 1.165) is 131 Å². The molecule has 3 aliphatic rings. The van der Waals surface area contributed by atoms with Gasteiger partial charge in [0.25, 0.3) is 0 Å². The van der Waals surface area contributed by atoms with Gasteiger partial charge in [-0.25, -0.2) is 9.67 Å². The molecule has 11 heteroatoms. The number of amides is 1. The minimum Gasteiger partial charge on any atom is -0.469 e. The third-order valence-corrected chi connectivity index (χ3v) is 10.3. The average molecular weight is 671 g/mol. The van der Waals surface area contributed by atoms with Crippen LogP contribution in [0.25, 0.3) is 5.69 Å². The number of rotatable bonds is 12. The first-order valence-corrected chi connectivity index (χ1v) is 18.2. The lowest BCUT2D eigenvalue weighted by molar-refractivity contribution is -0.141. The molecule has 0 radical (unpaired) electrons. The number of methoxy groups -OCH3 is 1. The lowest BCUT2D eigenvalue weighted by atomic mass is 9.93. The normalized spacial score (nSPS) is 17.8. The number of ether oxygens (including phenoxy) is 1. The number of anilines is 2. The van der Waals surface area contributed by atoms with Crippen molar-refractivity contribution in [2.75, 3.05) is 82.8 Å². The van der Waals surface area contributed by atoms with Crippen LogP contribution in [-0.4, -0.2) is 114 Å². The fourth-order valence-corrected chi connectivity index (χ4v) is 7.45. The average Bonchev–Trinajstić information content (AvgIpc) is 3.48. The summed E-state index contributed by atoms with van der Waals surface area (Å²) in [7, 11) is 1.47. The summed E-state index contributed by atoms with van der Waals surface area (Å²) in [5.41, 5.74) is 7.68. The first kappa shape index (κ1) is 34.9. The number of carbonyl (C=O) groups excluding carboxylic acids is 2. The van der Waals surface area contributed by atoms with E-state index in [1.54, 1.807) is 0 Å². The van der Waals surface area contributed by atoms with Gasteiger partial charge in [-0.3, -0.25) is 14.5 Å². The van der Waals surface area contributed by atoms with E-state index in [1.807, 2.05) is 16.5 Å². The molecular formula is C38H54N8O3. The van der Waals surface area contributed by atoms with Gasteiger partial charge in [-0.05, 0) is 74.6 Å². The van der Waals surface area contributed by atoms with E-state index < -0.39 is 0 Å². The van der Waals surface area contributed by atoms with Crippen LogP contribution in [0.4, 0.5) is 11.5 Å². The van der Waals surface area contributed by atoms with Gasteiger partial charge in [0.1, 0.15) is 5.82 Å². The lowest BCUT2D eigenvalue weighted by Gasteiger charge is -2.38. The van der Waals surface area contributed by atoms with Crippen molar-refractivity contribution in [2.24, 2.45) is 0 Å². The summed E-state index contributed by atoms with van der Waals surface area (Å²) >= 11 is 0. The van der Waals surface area contributed by atoms with Crippen LogP contribution in [0.1, 0.15) is 73.2 Å². The predicted octanol–water partition coefficient (Wildman–Crippen LogP) is 4.55. The summed E-state index contributed by atoms with van der Waals surface area (Å²) in [5.74, 6) is 1.07. The Morgan fingerprint density at radius 3 is 2.41 bits per heavy atom. The highest BCUT2D eigenvalue weighted by Gasteiger charge is 2.27. The second-order valence-corrected chi connectivity index (χ2v) is 14.0. The van der Waals surface area contributed by atoms with Crippen molar-refractivity contribution in [3.8, 4) is 5.69 Å². The van der Waals surface area contributed by atoms with Crippen LogP contribution in [0.3, 0.4) is 0 Å². The van der Waals surface area contributed by atoms with Crippen LogP contribution in [0.5, 0.6) is 0 Å². The van der Waals surface area contributed by atoms with Gasteiger partial charge in [0.2, 0.25) is 5.91 Å². The van der Waals surface area contributed by atoms with Gasteiger partial charge in [-0.1, -0.05) is 19.4 Å². The molecule has 1 atom stereocenters. The molecule has 0 bridgehead atoms. The Morgan fingerprint density at radius 2 is 1.69 bits per heavy atom. The SMILES string of the molecule is CCCCC(=O)N1CCN(c2cc([C@H](CC(=O)OC)CN3CCN(Cc4ccc5c(n4)NCCC5)CC3)cc(-n3nc(C)cc3C)c2)CC1. The van der Waals surface area contributed by atoms with Gasteiger partial charge < -0.3 is 24.8 Å². The van der Waals surface area contributed by atoms with E-state index in [-0.39, 0.29) is 17.8 Å². The van der Waals surface area contributed by atoms with Gasteiger partial charge in [-0.2, -0.15) is 5.10 Å². The maximum atomic E-state index is 12.8. The molecule has 0 aliphatic carbocycles. The van der Waals surface area contributed by atoms with Crippen LogP contribution in [0.2, 0.25) is 0 Å². The topological polar surface area (TPSA) is 99.1 Å². The molecule has 3 aliphatic heterocycles. The number of benzene rings is 1. The van der Waals surface area contributed by atoms with E-state index in [2.05, 4.69) is 70.3 Å². The Hall–Kier alpha value is -3.96. The summed E-state index contributed by atoms with van der Waals surface area (Å²) < 4.78 is 7.22. The van der Waals surface area contributed by atoms with Crippen molar-refractivity contribution in [1.82, 2.24) is 29.5 Å². The number of aryl methyl sites for hydroxylation is 3. The van der Waals surface area contributed by atoms with Gasteiger partial charge in [0.15, 0.2) is 0 Å². The monoisotopic (exact) mass is 670 g/mol. The number of nitrogens with zero attached hydrogens (tertiary/aromatic N) is 7. The number of carbonyl (C=O) groups is 2. The van der Waals surface area contributed by atoms with Crippen LogP contribution in [0, 0.1) is 13.8 Å². The molecule has 1 N–H and O–H groups in total. The second-order valence-electron chi connectivity index (χ2n) is 14.0. The molecular weight excluding hydrogens is 616 g/mol. The molecule has 1 aromatic carbocycles. The van der Waals surface area contributed by atoms with Crippen molar-refractivity contribution in [2.45, 2.75) is 71.8 Å². The zero-order valence-electron chi connectivity index (χ0n) is 29.9. The molecule has 0 spiro atoms. The molecule has 2 saturated heterocycles. The van der Waals surface area contributed by atoms with Crippen molar-refractivity contribution in [1.29, 1.82) is 0 Å². The highest BCUT2D eigenvalue weighted by atomic mass is 16.5. The maximum Gasteiger partial charge on any atom is 0.306 e. The Kier molecular flexibility index (Phi) is 11.5. The molecule has 264 valence electrons. The van der Waals surface area contributed by atoms with Crippen LogP contribution in [-0.2, 0) is 27.3 Å². The maximum absolute atomic E-state index is 12.8. The molecule has 3 aromatic rings. The summed E-state index contributed by atoms with van der Waals surface area (Å²) in [6, 6.07) is 13.2. The number of unbranched alkanes of at least 4 members (excludes halogenated alkanes) is 1. The minimum absolute atomic E-state index is 0.0417. The van der Waals surface area contributed by atoms with E-state index >= 15 is 0 Å². The number of hydrogen-bond acceptors (Lipinski definition) is 9. The van der Waals surface area contributed by atoms with Gasteiger partial charge in [0, 0.05) is 95.7 Å². The molecule has 2 aromatic heterocycles. The Morgan fingerprint density at radius 1 is 0.939 bits per heavy atom. The van der Waals surface area contributed by atoms with Gasteiger partial charge in [-0.15, -0.1) is 0 Å². The molecule has 11 nitrogen and oxygen atoms in total. The standard InChI is InChI=1S/C38H54N8O3/c1-5-6-9-36(47)45-19-17-44(18-20-45)34-22-31(23-35(25-34)46-29(3)21-28(2)41-46)32(24-37(48)49-4)26-42-13-15-43(16-14-42)27-33-11-10-30-8-7-12-39-38(30)40-33/h10-11,21-23,25,32H,5-9,12-20,24,26-27H2,1-4H3,(H,39,40)/t32-/m1/s1. The third kappa shape index (κ3) is 8.80. The molecule has 1 amide bonds. The Balaban J connectivity index is 1.18. The van der Waals surface area contributed by atoms with E-state index in [0.29, 0.717) is 12.8 Å². The fraction of sp³-hybridized carbons (Fsp3) is 0.579. The quantitative estimate of drug-likeness (QED) is 0.279. The molecule has 5 heterocycles. The molecule has 0 saturated carbocycles. The summed E-state index contributed by atoms with van der Waals surface area (Å²) in [4.78, 5) is 39.9. The minimum atomic E-state index is -0.201. The van der Waals surface area contributed by atoms with Gasteiger partial charge in [0.05, 0.1) is 30.6 Å². The molecule has 49 heavy (non-hydrogen) atoms. The number of fused-ring (bicyclic) bond motifs is 1. The number of pyridine rings is 1. The number of aromatic nitrogens is 3. The zero-order chi connectivity index (χ0) is 34.3.